The second-order valence-electron chi connectivity index (χ2n) is 4.65. The quantitative estimate of drug-likeness (QED) is 0.444. The van der Waals surface area contributed by atoms with Crippen molar-refractivity contribution in [2.75, 3.05) is 11.5 Å². The molecule has 0 nitrogen and oxygen atoms in total. The van der Waals surface area contributed by atoms with Gasteiger partial charge < -0.3 is 0 Å². The zero-order valence-corrected chi connectivity index (χ0v) is 13.0. The molecule has 0 amide bonds. The van der Waals surface area contributed by atoms with Crippen LogP contribution in [0.1, 0.15) is 41.5 Å². The highest BCUT2D eigenvalue weighted by Crippen LogP contribution is 2.58. The molecule has 0 aromatic rings. The predicted octanol–water partition coefficient (Wildman–Crippen LogP) is 5.33. The maximum absolute atomic E-state index is 6.06. The minimum absolute atomic E-state index is 0.0725. The van der Waals surface area contributed by atoms with Crippen molar-refractivity contribution in [3.05, 3.63) is 0 Å². The van der Waals surface area contributed by atoms with Crippen LogP contribution >= 0.6 is 27.4 Å². The van der Waals surface area contributed by atoms with E-state index in [1.807, 2.05) is 0 Å². The van der Waals surface area contributed by atoms with E-state index in [4.69, 9.17) is 11.6 Å². The summed E-state index contributed by atoms with van der Waals surface area (Å²) in [6, 6.07) is 0. The molecule has 0 aromatic carbocycles. The summed E-state index contributed by atoms with van der Waals surface area (Å²) in [5, 5.41) is 0. The molecular weight excluding hydrogens is 230 g/mol. The van der Waals surface area contributed by atoms with Gasteiger partial charge in [0.05, 0.1) is 0 Å². The lowest BCUT2D eigenvalue weighted by molar-refractivity contribution is 1.01. The summed E-state index contributed by atoms with van der Waals surface area (Å²) in [6.45, 7) is 14.1. The Hall–Kier alpha value is 1.15. The molecule has 0 aromatic heterocycles. The number of alkyl halides is 1. The smallest absolute Gasteiger partial charge is 0.0429 e. The maximum atomic E-state index is 6.06. The Morgan fingerprint density at radius 3 is 1.50 bits per heavy atom. The summed E-state index contributed by atoms with van der Waals surface area (Å²) < 4.78 is 0. The topological polar surface area (TPSA) is 0 Å². The maximum Gasteiger partial charge on any atom is 0.0429 e. The molecule has 0 aliphatic heterocycles. The summed E-state index contributed by atoms with van der Waals surface area (Å²) >= 11 is 6.06. The lowest BCUT2D eigenvalue weighted by Gasteiger charge is -2.31. The van der Waals surface area contributed by atoms with Gasteiger partial charge in [0.15, 0.2) is 0 Å². The van der Waals surface area contributed by atoms with Crippen LogP contribution in [0, 0.1) is 0 Å². The molecule has 1 atom stereocenters. The van der Waals surface area contributed by atoms with Gasteiger partial charge in [0, 0.05) is 5.62 Å². The van der Waals surface area contributed by atoms with Gasteiger partial charge in [-0.05, 0) is 22.9 Å². The highest BCUT2D eigenvalue weighted by molar-refractivity contribution is 7.76. The van der Waals surface area contributed by atoms with Crippen molar-refractivity contribution in [1.82, 2.24) is 0 Å². The van der Waals surface area contributed by atoms with E-state index in [9.17, 15) is 0 Å². The lowest BCUT2D eigenvalue weighted by Crippen LogP contribution is -2.08. The summed E-state index contributed by atoms with van der Waals surface area (Å²) in [4.78, 5) is 0. The molecule has 0 saturated carbocycles. The van der Waals surface area contributed by atoms with E-state index in [1.54, 1.807) is 0 Å². The zero-order valence-electron chi connectivity index (χ0n) is 10.4. The molecule has 0 rings (SSSR count). The fraction of sp³-hybridized carbons (Fsp3) is 1.00. The summed E-state index contributed by atoms with van der Waals surface area (Å²) in [5.74, 6) is 1.42. The third-order valence-electron chi connectivity index (χ3n) is 2.56. The van der Waals surface area contributed by atoms with Crippen LogP contribution in [0.5, 0.6) is 0 Å². The van der Waals surface area contributed by atoms with Crippen molar-refractivity contribution in [1.29, 1.82) is 0 Å². The minimum Gasteiger partial charge on any atom is -0.122 e. The zero-order chi connectivity index (χ0) is 11.3. The molecule has 86 valence electrons. The van der Waals surface area contributed by atoms with Gasteiger partial charge in [-0.1, -0.05) is 57.4 Å². The third kappa shape index (κ3) is 5.29. The number of hydrogen-bond acceptors (Lipinski definition) is 0. The number of halogens is 1. The van der Waals surface area contributed by atoms with Crippen LogP contribution < -0.4 is 0 Å². The van der Waals surface area contributed by atoms with Gasteiger partial charge in [-0.25, -0.2) is 0 Å². The molecule has 0 aliphatic carbocycles. The molecule has 3 heteroatoms. The van der Waals surface area contributed by atoms with E-state index >= 15 is 0 Å². The van der Waals surface area contributed by atoms with Crippen LogP contribution in [0.25, 0.3) is 0 Å². The second-order valence-corrected chi connectivity index (χ2v) is 12.0. The van der Waals surface area contributed by atoms with Crippen molar-refractivity contribution < 1.29 is 0 Å². The summed E-state index contributed by atoms with van der Waals surface area (Å²) in [5.41, 5.74) is 3.41. The molecule has 14 heavy (non-hydrogen) atoms. The van der Waals surface area contributed by atoms with Gasteiger partial charge in [-0.15, -0.1) is 11.6 Å². The molecule has 0 spiro atoms. The largest absolute Gasteiger partial charge is 0.122 e. The Morgan fingerprint density at radius 1 is 0.857 bits per heavy atom. The molecule has 0 radical (unpaired) electrons. The van der Waals surface area contributed by atoms with Gasteiger partial charge in [0.1, 0.15) is 0 Å². The van der Waals surface area contributed by atoms with Gasteiger partial charge >= 0.3 is 0 Å². The van der Waals surface area contributed by atoms with E-state index < -0.39 is 0 Å². The van der Waals surface area contributed by atoms with Crippen molar-refractivity contribution in [2.45, 2.75) is 58.5 Å². The van der Waals surface area contributed by atoms with Crippen molar-refractivity contribution >= 4 is 27.4 Å². The van der Waals surface area contributed by atoms with Crippen LogP contribution in [0.15, 0.2) is 0 Å². The summed E-state index contributed by atoms with van der Waals surface area (Å²) in [6.07, 6.45) is 0. The van der Waals surface area contributed by atoms with Gasteiger partial charge in [0.25, 0.3) is 0 Å². The van der Waals surface area contributed by atoms with Crippen molar-refractivity contribution in [3.63, 3.8) is 0 Å². The average molecular weight is 255 g/mol. The monoisotopic (exact) mass is 254 g/mol. The fourth-order valence-corrected chi connectivity index (χ4v) is 10.3. The van der Waals surface area contributed by atoms with Gasteiger partial charge in [0.2, 0.25) is 0 Å². The highest BCUT2D eigenvalue weighted by atomic mass is 35.5. The fourth-order valence-electron chi connectivity index (χ4n) is 1.47. The first-order valence-electron chi connectivity index (χ1n) is 5.45. The molecule has 0 aliphatic rings. The minimum atomic E-state index is 0.0725. The first kappa shape index (κ1) is 15.2. The van der Waals surface area contributed by atoms with E-state index in [2.05, 4.69) is 41.5 Å². The second kappa shape index (κ2) is 7.43. The molecule has 1 unspecified atom stereocenters. The third-order valence-corrected chi connectivity index (χ3v) is 10.7. The van der Waals surface area contributed by atoms with Crippen LogP contribution in [0.2, 0.25) is 0 Å². The Morgan fingerprint density at radius 2 is 1.29 bits per heavy atom. The number of rotatable bonds is 6. The van der Waals surface area contributed by atoms with Crippen LogP contribution in [-0.4, -0.2) is 28.5 Å². The van der Waals surface area contributed by atoms with E-state index in [0.717, 1.165) is 22.6 Å². The van der Waals surface area contributed by atoms with Crippen LogP contribution in [0.3, 0.4) is 0 Å². The van der Waals surface area contributed by atoms with E-state index in [1.165, 1.54) is 5.90 Å². The van der Waals surface area contributed by atoms with Crippen LogP contribution in [-0.2, 0) is 0 Å². The van der Waals surface area contributed by atoms with E-state index in [0.29, 0.717) is 0 Å². The Balaban J connectivity index is 4.26. The Kier molecular flexibility index (Phi) is 8.04. The standard InChI is InChI=1S/C11H25ClP2/c1-9(2)13(7-12)8-14(10(3)4)11(5)6/h9-11H,7-8H2,1-6H3. The van der Waals surface area contributed by atoms with Crippen molar-refractivity contribution in [2.24, 2.45) is 0 Å². The predicted molar refractivity (Wildman–Crippen MR) is 74.8 cm³/mol. The number of hydrogen-bond donors (Lipinski definition) is 0. The first-order valence-corrected chi connectivity index (χ1v) is 9.44. The molecule has 0 saturated heterocycles. The molecule has 0 fully saturated rings. The molecule has 0 heterocycles. The van der Waals surface area contributed by atoms with Gasteiger partial charge in [-0.2, -0.15) is 0 Å². The molecule has 0 N–H and O–H groups in total. The molecule has 0 bridgehead atoms. The highest BCUT2D eigenvalue weighted by Gasteiger charge is 2.22. The normalized spacial score (nSPS) is 14.8. The Labute approximate surface area is 97.7 Å². The van der Waals surface area contributed by atoms with Crippen LogP contribution in [0.4, 0.5) is 0 Å². The lowest BCUT2D eigenvalue weighted by atomic mass is 10.5. The average Bonchev–Trinajstić information content (AvgIpc) is 2.03. The summed E-state index contributed by atoms with van der Waals surface area (Å²) in [7, 11) is 0.261. The van der Waals surface area contributed by atoms with Gasteiger partial charge in [-0.3, -0.25) is 0 Å². The van der Waals surface area contributed by atoms with E-state index in [-0.39, 0.29) is 15.8 Å². The van der Waals surface area contributed by atoms with Crippen molar-refractivity contribution in [3.8, 4) is 0 Å². The first-order chi connectivity index (χ1) is 6.40. The Bertz CT molecular complexity index is 138. The SMILES string of the molecule is CC(C)P(CCl)CP(C(C)C)C(C)C. The molecular formula is C11H25ClP2.